The van der Waals surface area contributed by atoms with Crippen LogP contribution in [0.15, 0.2) is 18.2 Å². The fourth-order valence-electron chi connectivity index (χ4n) is 8.78. The molecule has 0 bridgehead atoms. The Morgan fingerprint density at radius 3 is 0.854 bits per heavy atom. The maximum absolute atomic E-state index is 11.2. The molecule has 0 spiro atoms. The first-order valence-corrected chi connectivity index (χ1v) is 34.2. The fraction of sp³-hybridized carbons (Fsp3) is 0.910. The smallest absolute Gasteiger partial charge is 0.133 e. The molecule has 502 valence electrons. The molecule has 0 aliphatic heterocycles. The first-order valence-electron chi connectivity index (χ1n) is 34.2. The van der Waals surface area contributed by atoms with Crippen molar-refractivity contribution in [3.05, 3.63) is 29.3 Å². The number of carbonyl (C=O) groups is 1. The minimum absolute atomic E-state index is 0. The predicted octanol–water partition coefficient (Wildman–Crippen LogP) is 26.5. The summed E-state index contributed by atoms with van der Waals surface area (Å²) in [5.74, 6) is 11.5. The van der Waals surface area contributed by atoms with Crippen molar-refractivity contribution in [3.8, 4) is 0 Å². The van der Waals surface area contributed by atoms with Crippen LogP contribution in [0.3, 0.4) is 0 Å². The summed E-state index contributed by atoms with van der Waals surface area (Å²) in [6.45, 7) is 64.9. The van der Waals surface area contributed by atoms with E-state index >= 15 is 0 Å². The number of rotatable bonds is 36. The van der Waals surface area contributed by atoms with Gasteiger partial charge in [0.25, 0.3) is 0 Å². The third-order valence-electron chi connectivity index (χ3n) is 13.2. The molecule has 1 aromatic carbocycles. The van der Waals surface area contributed by atoms with Crippen LogP contribution in [0.1, 0.15) is 362 Å². The summed E-state index contributed by atoms with van der Waals surface area (Å²) < 4.78 is 5.46. The summed E-state index contributed by atoms with van der Waals surface area (Å²) in [5, 5.41) is 0. The first kappa shape index (κ1) is 99.6. The molecule has 4 N–H and O–H groups in total. The molecule has 0 aromatic heterocycles. The highest BCUT2D eigenvalue weighted by atomic mass is 16.5. The molecule has 0 saturated carbocycles. The van der Waals surface area contributed by atoms with Gasteiger partial charge in [-0.15, -0.1) is 0 Å². The molecule has 0 aliphatic carbocycles. The van der Waals surface area contributed by atoms with Crippen molar-refractivity contribution in [2.75, 3.05) is 18.9 Å². The maximum atomic E-state index is 11.2. The van der Waals surface area contributed by atoms with E-state index in [2.05, 4.69) is 212 Å². The van der Waals surface area contributed by atoms with Crippen molar-refractivity contribution >= 4 is 11.5 Å². The third-order valence-corrected chi connectivity index (χ3v) is 13.2. The monoisotopic (exact) mass is 1170 g/mol. The lowest BCUT2D eigenvalue weighted by atomic mass is 9.96. The molecular weight excluding hydrogens is 997 g/mol. The summed E-state index contributed by atoms with van der Waals surface area (Å²) in [6, 6.07) is 6.92. The second-order valence-electron chi connectivity index (χ2n) is 30.3. The van der Waals surface area contributed by atoms with Gasteiger partial charge in [0.1, 0.15) is 5.78 Å². The zero-order valence-electron chi connectivity index (χ0n) is 60.0. The van der Waals surface area contributed by atoms with Crippen LogP contribution in [0.25, 0.3) is 0 Å². The highest BCUT2D eigenvalue weighted by Gasteiger charge is 2.08. The van der Waals surface area contributed by atoms with Gasteiger partial charge in [-0.25, -0.2) is 0 Å². The normalized spacial score (nSPS) is 11.0. The Morgan fingerprint density at radius 1 is 0.341 bits per heavy atom. The molecule has 0 aliphatic rings. The number of hydrogen-bond donors (Lipinski definition) is 2. The number of anilines is 1. The van der Waals surface area contributed by atoms with Crippen molar-refractivity contribution in [1.82, 2.24) is 0 Å². The quantitative estimate of drug-likeness (QED) is 0.0518. The number of nitrogen functional groups attached to an aromatic ring is 1. The van der Waals surface area contributed by atoms with Gasteiger partial charge in [-0.1, -0.05) is 312 Å². The molecular formula is C78H168N2O2. The average molecular weight is 1170 g/mol. The van der Waals surface area contributed by atoms with Gasteiger partial charge >= 0.3 is 0 Å². The Hall–Kier alpha value is -1.39. The fourth-order valence-corrected chi connectivity index (χ4v) is 8.78. The van der Waals surface area contributed by atoms with Gasteiger partial charge in [0.05, 0.1) is 0 Å². The van der Waals surface area contributed by atoms with Crippen molar-refractivity contribution in [2.24, 2.45) is 88.6 Å². The summed E-state index contributed by atoms with van der Waals surface area (Å²) in [6.07, 6.45) is 29.3. The van der Waals surface area contributed by atoms with Gasteiger partial charge in [-0.2, -0.15) is 0 Å². The van der Waals surface area contributed by atoms with Crippen LogP contribution in [0.5, 0.6) is 0 Å². The largest absolute Gasteiger partial charge is 0.399 e. The van der Waals surface area contributed by atoms with E-state index in [4.69, 9.17) is 16.2 Å². The van der Waals surface area contributed by atoms with Crippen LogP contribution in [-0.2, 0) is 22.4 Å². The number of hydrogen-bond acceptors (Lipinski definition) is 4. The maximum Gasteiger partial charge on any atom is 0.133 e. The molecule has 0 saturated heterocycles. The van der Waals surface area contributed by atoms with E-state index in [1.807, 2.05) is 0 Å². The van der Waals surface area contributed by atoms with E-state index < -0.39 is 0 Å². The average Bonchev–Trinajstić information content (AvgIpc) is 3.25. The molecule has 4 nitrogen and oxygen atoms in total. The number of ether oxygens (including phenoxy) is 1. The molecule has 82 heavy (non-hydrogen) atoms. The van der Waals surface area contributed by atoms with Gasteiger partial charge < -0.3 is 16.2 Å². The Labute approximate surface area is 525 Å². The van der Waals surface area contributed by atoms with E-state index in [0.717, 1.165) is 129 Å². The minimum Gasteiger partial charge on any atom is -0.399 e. The van der Waals surface area contributed by atoms with Gasteiger partial charge in [-0.05, 0) is 151 Å². The molecule has 0 unspecified atom stereocenters. The zero-order chi connectivity index (χ0) is 62.5. The second-order valence-corrected chi connectivity index (χ2v) is 30.3. The zero-order valence-corrected chi connectivity index (χ0v) is 60.0. The Balaban J connectivity index is -0.000000108. The second kappa shape index (κ2) is 68.7. The van der Waals surface area contributed by atoms with Crippen molar-refractivity contribution in [2.45, 2.75) is 370 Å². The van der Waals surface area contributed by atoms with Crippen molar-refractivity contribution in [1.29, 1.82) is 0 Å². The van der Waals surface area contributed by atoms with Gasteiger partial charge in [0, 0.05) is 37.8 Å². The van der Waals surface area contributed by atoms with E-state index in [9.17, 15) is 4.79 Å². The Kier molecular flexibility index (Phi) is 83.5. The lowest BCUT2D eigenvalue weighted by Gasteiger charge is -2.15. The van der Waals surface area contributed by atoms with E-state index in [1.165, 1.54) is 114 Å². The molecule has 0 amide bonds. The molecule has 1 aromatic rings. The Bertz CT molecular complexity index is 1210. The van der Waals surface area contributed by atoms with Crippen LogP contribution in [0.4, 0.5) is 5.69 Å². The van der Waals surface area contributed by atoms with Gasteiger partial charge in [0.15, 0.2) is 0 Å². The summed E-state index contributed by atoms with van der Waals surface area (Å²) in [7, 11) is 0. The number of benzene rings is 1. The number of Topliss-reactive ketones (excluding diaryl/α,β-unsaturated/α-hetero) is 1. The molecule has 1 rings (SSSR count). The number of unbranched alkanes of at least 4 members (excludes halogenated alkanes) is 4. The number of carbonyl (C=O) groups excluding carboxylic acids is 1. The topological polar surface area (TPSA) is 78.3 Å². The van der Waals surface area contributed by atoms with Crippen LogP contribution >= 0.6 is 0 Å². The lowest BCUT2D eigenvalue weighted by Crippen LogP contribution is -2.23. The molecule has 0 fully saturated rings. The molecule has 0 radical (unpaired) electrons. The highest BCUT2D eigenvalue weighted by Crippen LogP contribution is 2.19. The van der Waals surface area contributed by atoms with E-state index in [0.29, 0.717) is 29.6 Å². The van der Waals surface area contributed by atoms with Crippen LogP contribution in [-0.4, -0.2) is 25.0 Å². The van der Waals surface area contributed by atoms with Crippen molar-refractivity contribution in [3.63, 3.8) is 0 Å². The number of ketones is 1. The van der Waals surface area contributed by atoms with Gasteiger partial charge in [0.2, 0.25) is 0 Å². The summed E-state index contributed by atoms with van der Waals surface area (Å²) in [5.41, 5.74) is 15.4. The number of nitrogens with two attached hydrogens (primary N) is 2. The van der Waals surface area contributed by atoms with E-state index in [1.54, 1.807) is 0 Å². The molecule has 4 heteroatoms. The van der Waals surface area contributed by atoms with Crippen LogP contribution in [0.2, 0.25) is 0 Å². The molecule has 0 atom stereocenters. The third kappa shape index (κ3) is 107. The van der Waals surface area contributed by atoms with Gasteiger partial charge in [-0.3, -0.25) is 4.79 Å². The highest BCUT2D eigenvalue weighted by molar-refractivity contribution is 5.78. The first-order chi connectivity index (χ1) is 36.5. The van der Waals surface area contributed by atoms with Crippen LogP contribution < -0.4 is 11.5 Å². The lowest BCUT2D eigenvalue weighted by molar-refractivity contribution is -0.119. The minimum atomic E-state index is 0. The Morgan fingerprint density at radius 2 is 0.610 bits per heavy atom. The summed E-state index contributed by atoms with van der Waals surface area (Å²) in [4.78, 5) is 11.2. The standard InChI is InChI=1S/C14H23N.C11H22O.2C11H24.C10H22O.C9H21N.C9H20.3CH4/c1-10(2)5-12-7-13(6-11(3)4)9-14(15)8-12;1-9(2)6-5-7-11(12)8-10(3)4;2*1-10(2)8-6-5-7-9-11(3)4;1-9(2)5-7-11-8-6-10(3)4;1-7(2)5-9(10)6-8(3)4;1-8(2)6-5-7-9(3)4;;;/h7-11H,5-6,15H2,1-4H3;9-10H,5-8H2,1-4H3;2*10-11H,5-9H2,1-4H3;9-10H,5-8H2,1-4H3;7-9H,5-6,10H2,1-4H3;8-9H,5-7H2,1-4H3;3*1H4. The van der Waals surface area contributed by atoms with E-state index in [-0.39, 0.29) is 22.3 Å². The predicted molar refractivity (Wildman–Crippen MR) is 387 cm³/mol. The van der Waals surface area contributed by atoms with Crippen molar-refractivity contribution < 1.29 is 9.53 Å². The SMILES string of the molecule is C.C.C.CC(C)CC(N)CC(C)C.CC(C)CCCC(=O)CC(C)C.CC(C)CCCC(C)C.CC(C)CCCCCC(C)C.CC(C)CCCCCC(C)C.CC(C)CCOCCC(C)C.CC(C)Cc1cc(N)cc(CC(C)C)c1. The van der Waals surface area contributed by atoms with Crippen LogP contribution in [0, 0.1) is 82.9 Å². The summed E-state index contributed by atoms with van der Waals surface area (Å²) >= 11 is 0. The molecule has 0 heterocycles.